The summed E-state index contributed by atoms with van der Waals surface area (Å²) in [4.78, 5) is 20.6. The van der Waals surface area contributed by atoms with Gasteiger partial charge in [0.25, 0.3) is 0 Å². The minimum Gasteiger partial charge on any atom is -0.512 e. The van der Waals surface area contributed by atoms with Gasteiger partial charge in [-0.1, -0.05) is 6.92 Å². The number of aliphatic hydroxyl groups excluding tert-OH is 1. The van der Waals surface area contributed by atoms with Crippen LogP contribution in [0.15, 0.2) is 11.8 Å². The average Bonchev–Trinajstić information content (AvgIpc) is 1.85. The van der Waals surface area contributed by atoms with Gasteiger partial charge in [-0.3, -0.25) is 9.59 Å². The fourth-order valence-electron chi connectivity index (χ4n) is 0.488. The normalized spacial score (nSPS) is 11.2. The molecule has 0 heterocycles. The van der Waals surface area contributed by atoms with Crippen LogP contribution in [0.5, 0.6) is 0 Å². The number of carboxylic acids is 1. The van der Waals surface area contributed by atoms with Crippen molar-refractivity contribution in [2.75, 3.05) is 0 Å². The van der Waals surface area contributed by atoms with Crippen molar-refractivity contribution in [2.24, 2.45) is 0 Å². The molecule has 0 amide bonds. The molecule has 0 aliphatic rings. The van der Waals surface area contributed by atoms with Gasteiger partial charge >= 0.3 is 5.97 Å². The van der Waals surface area contributed by atoms with Crippen LogP contribution in [0, 0.1) is 0 Å². The lowest BCUT2D eigenvalue weighted by molar-refractivity contribution is -0.139. The molecule has 0 unspecified atom stereocenters. The molecule has 4 heteroatoms. The van der Waals surface area contributed by atoms with E-state index in [1.54, 1.807) is 6.92 Å². The molecule has 0 radical (unpaired) electrons. The van der Waals surface area contributed by atoms with E-state index in [4.69, 9.17) is 10.2 Å². The summed E-state index contributed by atoms with van der Waals surface area (Å²) in [5.41, 5.74) is 0. The molecule has 0 saturated carbocycles. The highest BCUT2D eigenvalue weighted by molar-refractivity contribution is 6.01. The van der Waals surface area contributed by atoms with Crippen molar-refractivity contribution < 1.29 is 19.8 Å². The summed E-state index contributed by atoms with van der Waals surface area (Å²) < 4.78 is 0. The maximum atomic E-state index is 10.6. The quantitative estimate of drug-likeness (QED) is 0.362. The Kier molecular flexibility index (Phi) is 3.95. The number of ketones is 1. The number of carboxylic acid groups (broad SMARTS) is 1. The second-order valence-electron chi connectivity index (χ2n) is 2.03. The lowest BCUT2D eigenvalue weighted by Crippen LogP contribution is -2.04. The van der Waals surface area contributed by atoms with Gasteiger partial charge in [-0.05, 0) is 0 Å². The maximum absolute atomic E-state index is 10.6. The van der Waals surface area contributed by atoms with Crippen molar-refractivity contribution in [2.45, 2.75) is 19.8 Å². The second kappa shape index (κ2) is 4.49. The van der Waals surface area contributed by atoms with E-state index in [1.807, 2.05) is 0 Å². The van der Waals surface area contributed by atoms with Gasteiger partial charge in [-0.15, -0.1) is 0 Å². The summed E-state index contributed by atoms with van der Waals surface area (Å²) >= 11 is 0. The molecule has 0 rings (SSSR count). The van der Waals surface area contributed by atoms with Gasteiger partial charge in [0.15, 0.2) is 5.78 Å². The summed E-state index contributed by atoms with van der Waals surface area (Å²) in [6, 6.07) is 0. The Labute approximate surface area is 64.2 Å². The van der Waals surface area contributed by atoms with Gasteiger partial charge in [0.2, 0.25) is 0 Å². The predicted molar refractivity (Wildman–Crippen MR) is 38.3 cm³/mol. The Morgan fingerprint density at radius 2 is 1.91 bits per heavy atom. The van der Waals surface area contributed by atoms with Crippen LogP contribution in [0.2, 0.25) is 0 Å². The molecule has 0 aromatic heterocycles. The Morgan fingerprint density at radius 1 is 1.36 bits per heavy atom. The molecule has 0 aromatic rings. The van der Waals surface area contributed by atoms with Gasteiger partial charge < -0.3 is 10.2 Å². The van der Waals surface area contributed by atoms with Crippen LogP contribution in [0.25, 0.3) is 0 Å². The summed E-state index contributed by atoms with van der Waals surface area (Å²) in [7, 11) is 0. The number of carbonyl (C=O) groups is 2. The third-order valence-electron chi connectivity index (χ3n) is 1.02. The van der Waals surface area contributed by atoms with Crippen molar-refractivity contribution in [1.82, 2.24) is 0 Å². The Bertz CT molecular complexity index is 193. The SMILES string of the molecule is CC/C(O)=C/C(=O)CC(=O)O. The van der Waals surface area contributed by atoms with Crippen molar-refractivity contribution >= 4 is 11.8 Å². The highest BCUT2D eigenvalue weighted by atomic mass is 16.4. The molecule has 62 valence electrons. The molecule has 0 spiro atoms. The number of carbonyl (C=O) groups excluding carboxylic acids is 1. The highest BCUT2D eigenvalue weighted by Gasteiger charge is 2.04. The van der Waals surface area contributed by atoms with Crippen LogP contribution in [-0.4, -0.2) is 22.0 Å². The van der Waals surface area contributed by atoms with Crippen LogP contribution in [0.4, 0.5) is 0 Å². The van der Waals surface area contributed by atoms with Crippen LogP contribution in [-0.2, 0) is 9.59 Å². The van der Waals surface area contributed by atoms with Crippen LogP contribution in [0.1, 0.15) is 19.8 Å². The van der Waals surface area contributed by atoms with Crippen LogP contribution < -0.4 is 0 Å². The van der Waals surface area contributed by atoms with E-state index in [1.165, 1.54) is 0 Å². The first-order chi connectivity index (χ1) is 5.06. The minimum atomic E-state index is -1.19. The molecular weight excluding hydrogens is 148 g/mol. The standard InChI is InChI=1S/C7H10O4/c1-2-5(8)3-6(9)4-7(10)11/h3,8H,2,4H2,1H3,(H,10,11)/b5-3-. The van der Waals surface area contributed by atoms with Crippen LogP contribution in [0.3, 0.4) is 0 Å². The summed E-state index contributed by atoms with van der Waals surface area (Å²) in [5.74, 6) is -1.86. The highest BCUT2D eigenvalue weighted by Crippen LogP contribution is 1.96. The number of hydrogen-bond donors (Lipinski definition) is 2. The van der Waals surface area contributed by atoms with Gasteiger partial charge in [-0.2, -0.15) is 0 Å². The number of rotatable bonds is 4. The first-order valence-electron chi connectivity index (χ1n) is 3.20. The molecular formula is C7H10O4. The Hall–Kier alpha value is -1.32. The van der Waals surface area contributed by atoms with E-state index in [9.17, 15) is 9.59 Å². The van der Waals surface area contributed by atoms with E-state index in [-0.39, 0.29) is 5.76 Å². The van der Waals surface area contributed by atoms with Crippen molar-refractivity contribution in [1.29, 1.82) is 0 Å². The maximum Gasteiger partial charge on any atom is 0.311 e. The number of allylic oxidation sites excluding steroid dienone is 2. The zero-order valence-corrected chi connectivity index (χ0v) is 6.20. The van der Waals surface area contributed by atoms with E-state index in [0.29, 0.717) is 6.42 Å². The predicted octanol–water partition coefficient (Wildman–Crippen LogP) is 0.882. The van der Waals surface area contributed by atoms with E-state index in [2.05, 4.69) is 0 Å². The number of aliphatic hydroxyl groups is 1. The number of aliphatic carboxylic acids is 1. The fourth-order valence-corrected chi connectivity index (χ4v) is 0.488. The molecule has 4 nitrogen and oxygen atoms in total. The van der Waals surface area contributed by atoms with E-state index in [0.717, 1.165) is 6.08 Å². The largest absolute Gasteiger partial charge is 0.512 e. The first kappa shape index (κ1) is 9.68. The Balaban J connectivity index is 3.96. The molecule has 2 N–H and O–H groups in total. The topological polar surface area (TPSA) is 74.6 Å². The third kappa shape index (κ3) is 5.14. The van der Waals surface area contributed by atoms with Gasteiger partial charge in [0, 0.05) is 12.5 Å². The molecule has 0 fully saturated rings. The molecule has 0 aliphatic carbocycles. The zero-order chi connectivity index (χ0) is 8.85. The zero-order valence-electron chi connectivity index (χ0n) is 6.20. The number of hydrogen-bond acceptors (Lipinski definition) is 3. The summed E-state index contributed by atoms with van der Waals surface area (Å²) in [6.45, 7) is 1.67. The van der Waals surface area contributed by atoms with E-state index < -0.39 is 18.2 Å². The first-order valence-corrected chi connectivity index (χ1v) is 3.20. The average molecular weight is 158 g/mol. The molecule has 0 atom stereocenters. The molecule has 11 heavy (non-hydrogen) atoms. The summed E-state index contributed by atoms with van der Waals surface area (Å²) in [5, 5.41) is 16.9. The van der Waals surface area contributed by atoms with Crippen molar-refractivity contribution in [3.05, 3.63) is 11.8 Å². The monoisotopic (exact) mass is 158 g/mol. The lowest BCUT2D eigenvalue weighted by atomic mass is 10.2. The second-order valence-corrected chi connectivity index (χ2v) is 2.03. The lowest BCUT2D eigenvalue weighted by Gasteiger charge is -1.91. The minimum absolute atomic E-state index is 0.0868. The Morgan fingerprint density at radius 3 is 2.27 bits per heavy atom. The summed E-state index contributed by atoms with van der Waals surface area (Å²) in [6.07, 6.45) is 0.712. The molecule has 0 aromatic carbocycles. The van der Waals surface area contributed by atoms with Gasteiger partial charge in [0.05, 0.1) is 5.76 Å². The molecule has 0 aliphatic heterocycles. The van der Waals surface area contributed by atoms with Crippen LogP contribution >= 0.6 is 0 Å². The van der Waals surface area contributed by atoms with E-state index >= 15 is 0 Å². The van der Waals surface area contributed by atoms with Crippen molar-refractivity contribution in [3.63, 3.8) is 0 Å². The molecule has 0 bridgehead atoms. The van der Waals surface area contributed by atoms with Gasteiger partial charge in [-0.25, -0.2) is 0 Å². The fraction of sp³-hybridized carbons (Fsp3) is 0.429. The third-order valence-corrected chi connectivity index (χ3v) is 1.02. The van der Waals surface area contributed by atoms with Gasteiger partial charge in [0.1, 0.15) is 6.42 Å². The molecule has 0 saturated heterocycles. The van der Waals surface area contributed by atoms with Crippen molar-refractivity contribution in [3.8, 4) is 0 Å². The smallest absolute Gasteiger partial charge is 0.311 e.